The number of fused-ring (bicyclic) bond motifs is 1. The average molecular weight is 292 g/mol. The number of rotatable bonds is 5. The molecular formula is C19H20N2O. The lowest BCUT2D eigenvalue weighted by Crippen LogP contribution is -2.18. The molecule has 1 heterocycles. The van der Waals surface area contributed by atoms with E-state index in [4.69, 9.17) is 0 Å². The molecule has 3 heteroatoms. The molecule has 0 saturated carbocycles. The van der Waals surface area contributed by atoms with Crippen molar-refractivity contribution in [3.8, 4) is 0 Å². The molecule has 3 rings (SSSR count). The quantitative estimate of drug-likeness (QED) is 0.783. The molecule has 3 nitrogen and oxygen atoms in total. The second-order valence-electron chi connectivity index (χ2n) is 5.49. The van der Waals surface area contributed by atoms with Crippen LogP contribution in [0.15, 0.2) is 60.8 Å². The van der Waals surface area contributed by atoms with Gasteiger partial charge in [0.15, 0.2) is 0 Å². The van der Waals surface area contributed by atoms with Crippen LogP contribution in [0.2, 0.25) is 0 Å². The van der Waals surface area contributed by atoms with Gasteiger partial charge in [-0.05, 0) is 35.7 Å². The summed E-state index contributed by atoms with van der Waals surface area (Å²) in [4.78, 5) is 6.73. The first-order valence-electron chi connectivity index (χ1n) is 7.51. The fraction of sp³-hybridized carbons (Fsp3) is 0.211. The highest BCUT2D eigenvalue weighted by Gasteiger charge is 2.08. The van der Waals surface area contributed by atoms with Crippen LogP contribution in [0.25, 0.3) is 10.9 Å². The van der Waals surface area contributed by atoms with E-state index in [2.05, 4.69) is 41.2 Å². The van der Waals surface area contributed by atoms with Crippen LogP contribution < -0.4 is 4.90 Å². The third kappa shape index (κ3) is 3.10. The molecule has 0 aliphatic rings. The van der Waals surface area contributed by atoms with Crippen molar-refractivity contribution in [2.24, 2.45) is 0 Å². The molecular weight excluding hydrogens is 272 g/mol. The summed E-state index contributed by atoms with van der Waals surface area (Å²) in [7, 11) is 2.07. The molecule has 0 atom stereocenters. The van der Waals surface area contributed by atoms with E-state index in [-0.39, 0.29) is 6.61 Å². The van der Waals surface area contributed by atoms with E-state index in [1.165, 1.54) is 11.1 Å². The summed E-state index contributed by atoms with van der Waals surface area (Å²) in [5, 5.41) is 10.4. The molecule has 0 bridgehead atoms. The number of benzene rings is 2. The molecule has 1 N–H and O–H groups in total. The first-order valence-corrected chi connectivity index (χ1v) is 7.51. The van der Waals surface area contributed by atoms with E-state index in [1.54, 1.807) is 0 Å². The van der Waals surface area contributed by atoms with Gasteiger partial charge in [-0.1, -0.05) is 36.4 Å². The van der Waals surface area contributed by atoms with Gasteiger partial charge in [0.1, 0.15) is 0 Å². The molecule has 0 unspecified atom stereocenters. The third-order valence-corrected chi connectivity index (χ3v) is 3.85. The number of hydrogen-bond acceptors (Lipinski definition) is 3. The van der Waals surface area contributed by atoms with Gasteiger partial charge in [-0.2, -0.15) is 0 Å². The van der Waals surface area contributed by atoms with E-state index < -0.39 is 0 Å². The van der Waals surface area contributed by atoms with Gasteiger partial charge in [-0.15, -0.1) is 0 Å². The minimum atomic E-state index is 0.169. The molecule has 0 aliphatic carbocycles. The maximum Gasteiger partial charge on any atom is 0.0702 e. The van der Waals surface area contributed by atoms with Crippen molar-refractivity contribution in [2.75, 3.05) is 18.6 Å². The van der Waals surface area contributed by atoms with Crippen LogP contribution in [0.4, 0.5) is 5.69 Å². The Labute approximate surface area is 130 Å². The largest absolute Gasteiger partial charge is 0.396 e. The standard InChI is InChI=1S/C19H20N2O/c1-21(19-9-5-3-6-16(19)10-11-22)14-15-12-17-7-2-4-8-18(17)20-13-15/h2-9,12-13,22H,10-11,14H2,1H3. The summed E-state index contributed by atoms with van der Waals surface area (Å²) in [6, 6.07) is 18.6. The van der Waals surface area contributed by atoms with Crippen LogP contribution >= 0.6 is 0 Å². The van der Waals surface area contributed by atoms with Gasteiger partial charge in [0.05, 0.1) is 5.52 Å². The van der Waals surface area contributed by atoms with Crippen molar-refractivity contribution in [1.82, 2.24) is 4.98 Å². The lowest BCUT2D eigenvalue weighted by Gasteiger charge is -2.22. The number of nitrogens with zero attached hydrogens (tertiary/aromatic N) is 2. The van der Waals surface area contributed by atoms with Crippen molar-refractivity contribution in [2.45, 2.75) is 13.0 Å². The Hall–Kier alpha value is -2.39. The van der Waals surface area contributed by atoms with Crippen LogP contribution in [0.5, 0.6) is 0 Å². The van der Waals surface area contributed by atoms with Crippen molar-refractivity contribution in [3.05, 3.63) is 71.9 Å². The molecule has 2 aromatic carbocycles. The average Bonchev–Trinajstić information content (AvgIpc) is 2.55. The first kappa shape index (κ1) is 14.5. The van der Waals surface area contributed by atoms with Gasteiger partial charge in [0.25, 0.3) is 0 Å². The maximum absolute atomic E-state index is 9.21. The molecule has 1 aromatic heterocycles. The monoisotopic (exact) mass is 292 g/mol. The Bertz CT molecular complexity index is 770. The Morgan fingerprint density at radius 3 is 2.68 bits per heavy atom. The van der Waals surface area contributed by atoms with E-state index in [0.29, 0.717) is 6.42 Å². The van der Waals surface area contributed by atoms with Crippen molar-refractivity contribution < 1.29 is 5.11 Å². The van der Waals surface area contributed by atoms with Crippen molar-refractivity contribution in [1.29, 1.82) is 0 Å². The van der Waals surface area contributed by atoms with Gasteiger partial charge >= 0.3 is 0 Å². The summed E-state index contributed by atoms with van der Waals surface area (Å²) in [5.74, 6) is 0. The Morgan fingerprint density at radius 1 is 1.05 bits per heavy atom. The summed E-state index contributed by atoms with van der Waals surface area (Å²) >= 11 is 0. The first-order chi connectivity index (χ1) is 10.8. The van der Waals surface area contributed by atoms with Crippen molar-refractivity contribution in [3.63, 3.8) is 0 Å². The molecule has 0 radical (unpaired) electrons. The lowest BCUT2D eigenvalue weighted by atomic mass is 10.1. The molecule has 0 aliphatic heterocycles. The van der Waals surface area contributed by atoms with Crippen LogP contribution in [0.1, 0.15) is 11.1 Å². The highest BCUT2D eigenvalue weighted by atomic mass is 16.2. The second kappa shape index (κ2) is 6.58. The van der Waals surface area contributed by atoms with Crippen molar-refractivity contribution >= 4 is 16.6 Å². The summed E-state index contributed by atoms with van der Waals surface area (Å²) < 4.78 is 0. The van der Waals surface area contributed by atoms with E-state index in [1.807, 2.05) is 36.5 Å². The predicted octanol–water partition coefficient (Wildman–Crippen LogP) is 3.41. The number of aliphatic hydroxyl groups excluding tert-OH is 1. The van der Waals surface area contributed by atoms with Gasteiger partial charge in [-0.25, -0.2) is 0 Å². The number of aromatic nitrogens is 1. The number of anilines is 1. The van der Waals surface area contributed by atoms with Crippen LogP contribution in [0, 0.1) is 0 Å². The Balaban J connectivity index is 1.85. The number of aliphatic hydroxyl groups is 1. The van der Waals surface area contributed by atoms with Crippen LogP contribution in [-0.2, 0) is 13.0 Å². The van der Waals surface area contributed by atoms with Gasteiger partial charge < -0.3 is 10.0 Å². The number of pyridine rings is 1. The van der Waals surface area contributed by atoms with Gasteiger partial charge in [0, 0.05) is 37.5 Å². The maximum atomic E-state index is 9.21. The predicted molar refractivity (Wildman–Crippen MR) is 91.1 cm³/mol. The number of para-hydroxylation sites is 2. The highest BCUT2D eigenvalue weighted by Crippen LogP contribution is 2.22. The fourth-order valence-electron chi connectivity index (χ4n) is 2.78. The summed E-state index contributed by atoms with van der Waals surface area (Å²) in [6.07, 6.45) is 2.62. The SMILES string of the molecule is CN(Cc1cnc2ccccc2c1)c1ccccc1CCO. The molecule has 0 spiro atoms. The van der Waals surface area contributed by atoms with Gasteiger partial charge in [-0.3, -0.25) is 4.98 Å². The fourth-order valence-corrected chi connectivity index (χ4v) is 2.78. The van der Waals surface area contributed by atoms with Crippen LogP contribution in [0.3, 0.4) is 0 Å². The smallest absolute Gasteiger partial charge is 0.0702 e. The summed E-state index contributed by atoms with van der Waals surface area (Å²) in [5.41, 5.74) is 4.53. The Kier molecular flexibility index (Phi) is 4.35. The van der Waals surface area contributed by atoms with Crippen LogP contribution in [-0.4, -0.2) is 23.7 Å². The molecule has 112 valence electrons. The second-order valence-corrected chi connectivity index (χ2v) is 5.49. The molecule has 22 heavy (non-hydrogen) atoms. The van der Waals surface area contributed by atoms with E-state index >= 15 is 0 Å². The molecule has 0 amide bonds. The third-order valence-electron chi connectivity index (χ3n) is 3.85. The number of hydrogen-bond donors (Lipinski definition) is 1. The molecule has 3 aromatic rings. The molecule has 0 saturated heterocycles. The Morgan fingerprint density at radius 2 is 1.82 bits per heavy atom. The zero-order valence-corrected chi connectivity index (χ0v) is 12.7. The summed E-state index contributed by atoms with van der Waals surface area (Å²) in [6.45, 7) is 0.961. The lowest BCUT2D eigenvalue weighted by molar-refractivity contribution is 0.299. The minimum Gasteiger partial charge on any atom is -0.396 e. The minimum absolute atomic E-state index is 0.169. The topological polar surface area (TPSA) is 36.4 Å². The zero-order valence-electron chi connectivity index (χ0n) is 12.7. The van der Waals surface area contributed by atoms with Gasteiger partial charge in [0.2, 0.25) is 0 Å². The molecule has 0 fully saturated rings. The van der Waals surface area contributed by atoms with E-state index in [9.17, 15) is 5.11 Å². The van der Waals surface area contributed by atoms with E-state index in [0.717, 1.165) is 23.1 Å². The normalized spacial score (nSPS) is 10.8. The zero-order chi connectivity index (χ0) is 15.4. The highest BCUT2D eigenvalue weighted by molar-refractivity contribution is 5.78.